The van der Waals surface area contributed by atoms with E-state index < -0.39 is 0 Å². The van der Waals surface area contributed by atoms with Crippen LogP contribution < -0.4 is 20.3 Å². The van der Waals surface area contributed by atoms with Crippen molar-refractivity contribution in [2.45, 2.75) is 26.5 Å². The number of pyridine rings is 1. The molecule has 1 aromatic carbocycles. The molecule has 2 aromatic rings. The first-order chi connectivity index (χ1) is 14.2. The Labute approximate surface area is 173 Å². The van der Waals surface area contributed by atoms with Crippen LogP contribution in [-0.2, 0) is 11.3 Å². The third-order valence-electron chi connectivity index (χ3n) is 4.73. The second-order valence-corrected chi connectivity index (χ2v) is 7.14. The van der Waals surface area contributed by atoms with E-state index in [0.29, 0.717) is 13.1 Å². The smallest absolute Gasteiger partial charge is 0.191 e. The highest BCUT2D eigenvalue weighted by Crippen LogP contribution is 2.18. The Kier molecular flexibility index (Phi) is 7.69. The van der Waals surface area contributed by atoms with E-state index in [1.54, 1.807) is 7.05 Å². The predicted octanol–water partition coefficient (Wildman–Crippen LogP) is 2.36. The van der Waals surface area contributed by atoms with E-state index in [-0.39, 0.29) is 6.10 Å². The quantitative estimate of drug-likeness (QED) is 0.552. The van der Waals surface area contributed by atoms with Crippen LogP contribution >= 0.6 is 0 Å². The van der Waals surface area contributed by atoms with Crippen LogP contribution in [0.25, 0.3) is 0 Å². The first kappa shape index (κ1) is 20.9. The highest BCUT2D eigenvalue weighted by atomic mass is 16.5. The molecule has 0 aliphatic carbocycles. The molecule has 156 valence electrons. The molecule has 1 unspecified atom stereocenters. The Bertz CT molecular complexity index is 805. The van der Waals surface area contributed by atoms with Gasteiger partial charge in [-0.3, -0.25) is 4.99 Å². The van der Waals surface area contributed by atoms with Crippen LogP contribution in [0, 0.1) is 6.92 Å². The SMILES string of the molecule is CN=C(NCc1cccnc1N1CCOCC1)NCC(C)Oc1cccc(C)c1. The van der Waals surface area contributed by atoms with Gasteiger partial charge in [-0.2, -0.15) is 0 Å². The van der Waals surface area contributed by atoms with Crippen LogP contribution in [-0.4, -0.2) is 56.9 Å². The molecule has 1 aromatic heterocycles. The Balaban J connectivity index is 1.50. The zero-order chi connectivity index (χ0) is 20.5. The van der Waals surface area contributed by atoms with Gasteiger partial charge in [0.25, 0.3) is 0 Å². The maximum atomic E-state index is 5.98. The highest BCUT2D eigenvalue weighted by molar-refractivity contribution is 5.79. The Morgan fingerprint density at radius 3 is 2.83 bits per heavy atom. The van der Waals surface area contributed by atoms with Gasteiger partial charge in [-0.15, -0.1) is 0 Å². The normalized spacial score (nSPS) is 15.7. The van der Waals surface area contributed by atoms with Gasteiger partial charge >= 0.3 is 0 Å². The average molecular weight is 398 g/mol. The van der Waals surface area contributed by atoms with E-state index in [0.717, 1.165) is 49.4 Å². The molecule has 29 heavy (non-hydrogen) atoms. The molecule has 7 heteroatoms. The average Bonchev–Trinajstić information content (AvgIpc) is 2.75. The molecule has 1 fully saturated rings. The summed E-state index contributed by atoms with van der Waals surface area (Å²) in [5.41, 5.74) is 2.33. The van der Waals surface area contributed by atoms with Gasteiger partial charge in [-0.1, -0.05) is 18.2 Å². The number of aromatic nitrogens is 1. The minimum atomic E-state index is 0.0117. The number of nitrogens with one attached hydrogen (secondary N) is 2. The molecule has 0 radical (unpaired) electrons. The molecule has 2 N–H and O–H groups in total. The van der Waals surface area contributed by atoms with Crippen molar-refractivity contribution in [3.8, 4) is 5.75 Å². The van der Waals surface area contributed by atoms with Crippen molar-refractivity contribution in [3.63, 3.8) is 0 Å². The van der Waals surface area contributed by atoms with Crippen molar-refractivity contribution in [1.29, 1.82) is 0 Å². The topological polar surface area (TPSA) is 71.0 Å². The summed E-state index contributed by atoms with van der Waals surface area (Å²) < 4.78 is 11.4. The molecule has 2 heterocycles. The van der Waals surface area contributed by atoms with Gasteiger partial charge in [-0.05, 0) is 37.6 Å². The van der Waals surface area contributed by atoms with Crippen molar-refractivity contribution in [2.24, 2.45) is 4.99 Å². The number of hydrogen-bond acceptors (Lipinski definition) is 5. The van der Waals surface area contributed by atoms with Crippen LogP contribution in [0.2, 0.25) is 0 Å². The van der Waals surface area contributed by atoms with Gasteiger partial charge < -0.3 is 25.0 Å². The van der Waals surface area contributed by atoms with Crippen LogP contribution in [0.15, 0.2) is 47.6 Å². The number of aryl methyl sites for hydroxylation is 1. The summed E-state index contributed by atoms with van der Waals surface area (Å²) in [4.78, 5) is 11.2. The fourth-order valence-corrected chi connectivity index (χ4v) is 3.23. The van der Waals surface area contributed by atoms with Crippen molar-refractivity contribution in [3.05, 3.63) is 53.7 Å². The molecule has 0 saturated carbocycles. The van der Waals surface area contributed by atoms with Crippen LogP contribution in [0.3, 0.4) is 0 Å². The molecule has 1 aliphatic heterocycles. The van der Waals surface area contributed by atoms with Crippen molar-refractivity contribution < 1.29 is 9.47 Å². The lowest BCUT2D eigenvalue weighted by atomic mass is 10.2. The Hall–Kier alpha value is -2.80. The fourth-order valence-electron chi connectivity index (χ4n) is 3.23. The molecular formula is C22H31N5O2. The molecule has 1 atom stereocenters. The van der Waals surface area contributed by atoms with E-state index in [1.165, 1.54) is 5.56 Å². The number of rotatable bonds is 7. The summed E-state index contributed by atoms with van der Waals surface area (Å²) >= 11 is 0. The van der Waals surface area contributed by atoms with Crippen LogP contribution in [0.1, 0.15) is 18.1 Å². The van der Waals surface area contributed by atoms with Crippen molar-refractivity contribution >= 4 is 11.8 Å². The zero-order valence-electron chi connectivity index (χ0n) is 17.5. The van der Waals surface area contributed by atoms with Crippen LogP contribution in [0.4, 0.5) is 5.82 Å². The summed E-state index contributed by atoms with van der Waals surface area (Å²) in [5.74, 6) is 2.63. The summed E-state index contributed by atoms with van der Waals surface area (Å²) in [5, 5.41) is 6.71. The highest BCUT2D eigenvalue weighted by Gasteiger charge is 2.16. The second kappa shape index (κ2) is 10.7. The molecule has 1 aliphatic rings. The first-order valence-electron chi connectivity index (χ1n) is 10.1. The second-order valence-electron chi connectivity index (χ2n) is 7.14. The summed E-state index contributed by atoms with van der Waals surface area (Å²) in [7, 11) is 1.77. The number of morpholine rings is 1. The molecule has 7 nitrogen and oxygen atoms in total. The molecule has 0 amide bonds. The molecule has 0 bridgehead atoms. The number of hydrogen-bond donors (Lipinski definition) is 2. The lowest BCUT2D eigenvalue weighted by Gasteiger charge is -2.29. The van der Waals surface area contributed by atoms with Gasteiger partial charge in [0, 0.05) is 38.4 Å². The molecular weight excluding hydrogens is 366 g/mol. The standard InChI is InChI=1S/C22H31N5O2/c1-17-6-4-8-20(14-17)29-18(2)15-25-22(23-3)26-16-19-7-5-9-24-21(19)27-10-12-28-13-11-27/h4-9,14,18H,10-13,15-16H2,1-3H3,(H2,23,25,26). The van der Waals surface area contributed by atoms with Gasteiger partial charge in [0.05, 0.1) is 19.8 Å². The fraction of sp³-hybridized carbons (Fsp3) is 0.455. The largest absolute Gasteiger partial charge is 0.489 e. The first-order valence-corrected chi connectivity index (χ1v) is 10.1. The zero-order valence-corrected chi connectivity index (χ0v) is 17.5. The number of nitrogens with zero attached hydrogens (tertiary/aromatic N) is 3. The number of anilines is 1. The minimum absolute atomic E-state index is 0.0117. The van der Waals surface area contributed by atoms with E-state index in [4.69, 9.17) is 9.47 Å². The third kappa shape index (κ3) is 6.35. The van der Waals surface area contributed by atoms with Crippen molar-refractivity contribution in [2.75, 3.05) is 44.8 Å². The Morgan fingerprint density at radius 2 is 2.07 bits per heavy atom. The van der Waals surface area contributed by atoms with E-state index in [2.05, 4.69) is 44.6 Å². The summed E-state index contributed by atoms with van der Waals surface area (Å²) in [6.45, 7) is 8.61. The van der Waals surface area contributed by atoms with Gasteiger partial charge in [-0.25, -0.2) is 4.98 Å². The minimum Gasteiger partial charge on any atom is -0.489 e. The molecule has 0 spiro atoms. The maximum absolute atomic E-state index is 5.98. The van der Waals surface area contributed by atoms with Gasteiger partial charge in [0.15, 0.2) is 5.96 Å². The predicted molar refractivity (Wildman–Crippen MR) is 117 cm³/mol. The number of benzene rings is 1. The summed E-state index contributed by atoms with van der Waals surface area (Å²) in [6, 6.07) is 12.2. The molecule has 3 rings (SSSR count). The van der Waals surface area contributed by atoms with Crippen molar-refractivity contribution in [1.82, 2.24) is 15.6 Å². The van der Waals surface area contributed by atoms with Crippen LogP contribution in [0.5, 0.6) is 5.75 Å². The number of aliphatic imine (C=N–C) groups is 1. The van der Waals surface area contributed by atoms with Gasteiger partial charge in [0.2, 0.25) is 0 Å². The monoisotopic (exact) mass is 397 g/mol. The number of ether oxygens (including phenoxy) is 2. The third-order valence-corrected chi connectivity index (χ3v) is 4.73. The molecule has 1 saturated heterocycles. The lowest BCUT2D eigenvalue weighted by molar-refractivity contribution is 0.122. The van der Waals surface area contributed by atoms with E-state index in [1.807, 2.05) is 37.4 Å². The van der Waals surface area contributed by atoms with E-state index in [9.17, 15) is 0 Å². The lowest BCUT2D eigenvalue weighted by Crippen LogP contribution is -2.42. The number of guanidine groups is 1. The van der Waals surface area contributed by atoms with Gasteiger partial charge in [0.1, 0.15) is 17.7 Å². The Morgan fingerprint density at radius 1 is 1.24 bits per heavy atom. The summed E-state index contributed by atoms with van der Waals surface area (Å²) in [6.07, 6.45) is 1.85. The maximum Gasteiger partial charge on any atom is 0.191 e. The van der Waals surface area contributed by atoms with E-state index >= 15 is 0 Å².